The van der Waals surface area contributed by atoms with Crippen LogP contribution in [0.1, 0.15) is 75.8 Å². The van der Waals surface area contributed by atoms with E-state index in [1.165, 1.54) is 29.7 Å². The fraction of sp³-hybridized carbons (Fsp3) is 0.471. The van der Waals surface area contributed by atoms with Crippen molar-refractivity contribution in [3.8, 4) is 5.75 Å². The van der Waals surface area contributed by atoms with Crippen LogP contribution in [0.2, 0.25) is 0 Å². The number of carbonyl (C=O) groups excluding carboxylic acids is 2. The van der Waals surface area contributed by atoms with Crippen LogP contribution in [0.5, 0.6) is 5.75 Å². The van der Waals surface area contributed by atoms with Crippen LogP contribution in [0.4, 0.5) is 4.39 Å². The minimum atomic E-state index is -0.643. The van der Waals surface area contributed by atoms with E-state index in [2.05, 4.69) is 6.92 Å². The molecule has 1 saturated carbocycles. The summed E-state index contributed by atoms with van der Waals surface area (Å²) in [5.41, 5.74) is 5.33. The van der Waals surface area contributed by atoms with Gasteiger partial charge in [-0.1, -0.05) is 74.2 Å². The molecule has 2 heterocycles. The molecule has 40 heavy (non-hydrogen) atoms. The van der Waals surface area contributed by atoms with Gasteiger partial charge in [-0.3, -0.25) is 14.5 Å². The zero-order chi connectivity index (χ0) is 27.8. The Morgan fingerprint density at radius 3 is 2.55 bits per heavy atom. The summed E-state index contributed by atoms with van der Waals surface area (Å²) in [5.74, 6) is -1.50. The molecular formula is C34H38FNO4. The van der Waals surface area contributed by atoms with Gasteiger partial charge in [0.2, 0.25) is 11.8 Å². The van der Waals surface area contributed by atoms with E-state index in [0.29, 0.717) is 25.0 Å². The number of hydrogen-bond acceptors (Lipinski definition) is 4. The number of fused-ring (bicyclic) bond motifs is 3. The molecule has 2 aromatic rings. The van der Waals surface area contributed by atoms with Crippen molar-refractivity contribution < 1.29 is 23.8 Å². The van der Waals surface area contributed by atoms with Crippen molar-refractivity contribution in [2.24, 2.45) is 17.8 Å². The highest BCUT2D eigenvalue weighted by atomic mass is 19.1. The molecular weight excluding hydrogens is 505 g/mol. The van der Waals surface area contributed by atoms with Gasteiger partial charge in [-0.15, -0.1) is 0 Å². The van der Waals surface area contributed by atoms with Crippen molar-refractivity contribution in [2.75, 3.05) is 6.61 Å². The minimum absolute atomic E-state index is 0.0286. The number of rotatable bonds is 7. The van der Waals surface area contributed by atoms with Gasteiger partial charge in [0.15, 0.2) is 11.6 Å². The number of hydrogen-bond donors (Lipinski definition) is 1. The average molecular weight is 544 g/mol. The second-order valence-electron chi connectivity index (χ2n) is 11.8. The second-order valence-corrected chi connectivity index (χ2v) is 11.8. The molecule has 2 amide bonds. The molecule has 1 N–H and O–H groups in total. The molecule has 6 rings (SSSR count). The Bertz CT molecular complexity index is 1340. The predicted octanol–water partition coefficient (Wildman–Crippen LogP) is 6.91. The molecule has 210 valence electrons. The Hall–Kier alpha value is -3.25. The fourth-order valence-electron chi connectivity index (χ4n) is 7.59. The molecule has 3 fully saturated rings. The normalized spacial score (nSPS) is 27.4. The van der Waals surface area contributed by atoms with Gasteiger partial charge in [-0.25, -0.2) is 4.39 Å². The van der Waals surface area contributed by atoms with Crippen LogP contribution in [0.15, 0.2) is 59.7 Å². The molecule has 2 saturated heterocycles. The average Bonchev–Trinajstić information content (AvgIpc) is 3.51. The van der Waals surface area contributed by atoms with E-state index in [1.54, 1.807) is 11.0 Å². The third kappa shape index (κ3) is 4.91. The van der Waals surface area contributed by atoms with Gasteiger partial charge in [0, 0.05) is 12.0 Å². The van der Waals surface area contributed by atoms with Gasteiger partial charge in [0.25, 0.3) is 0 Å². The number of nitrogens with zero attached hydrogens (tertiary/aromatic N) is 1. The van der Waals surface area contributed by atoms with Crippen LogP contribution in [0.3, 0.4) is 0 Å². The number of ether oxygens (including phenoxy) is 1. The van der Waals surface area contributed by atoms with Crippen molar-refractivity contribution in [3.05, 3.63) is 76.6 Å². The number of allylic oxidation sites excluding steroid dienone is 2. The van der Waals surface area contributed by atoms with Gasteiger partial charge in [0.05, 0.1) is 24.5 Å². The van der Waals surface area contributed by atoms with Crippen molar-refractivity contribution in [3.63, 3.8) is 0 Å². The van der Waals surface area contributed by atoms with Crippen LogP contribution in [0.25, 0.3) is 11.6 Å². The maximum absolute atomic E-state index is 14.1. The van der Waals surface area contributed by atoms with Crippen LogP contribution in [-0.4, -0.2) is 40.6 Å². The Morgan fingerprint density at radius 2 is 1.82 bits per heavy atom. The molecule has 0 radical (unpaired) electrons. The Labute approximate surface area is 235 Å². The summed E-state index contributed by atoms with van der Waals surface area (Å²) in [5, 5.41) is 9.62. The number of aromatic hydroxyl groups is 1. The topological polar surface area (TPSA) is 66.8 Å². The van der Waals surface area contributed by atoms with Crippen molar-refractivity contribution >= 4 is 23.5 Å². The van der Waals surface area contributed by atoms with Crippen LogP contribution < -0.4 is 0 Å². The summed E-state index contributed by atoms with van der Waals surface area (Å²) in [7, 11) is 0. The predicted molar refractivity (Wildman–Crippen MR) is 152 cm³/mol. The minimum Gasteiger partial charge on any atom is -0.505 e. The maximum Gasteiger partial charge on any atom is 0.234 e. The summed E-state index contributed by atoms with van der Waals surface area (Å²) in [6.07, 6.45) is 10.1. The largest absolute Gasteiger partial charge is 0.505 e. The molecule has 0 unspecified atom stereocenters. The smallest absolute Gasteiger partial charge is 0.234 e. The number of phenolic OH excluding ortho intramolecular Hbond substituents is 1. The number of amides is 2. The molecule has 4 aliphatic rings. The molecule has 2 aliphatic heterocycles. The number of carbonyl (C=O) groups is 2. The van der Waals surface area contributed by atoms with E-state index >= 15 is 0 Å². The second kappa shape index (κ2) is 11.3. The number of imide groups is 1. The van der Waals surface area contributed by atoms with Gasteiger partial charge in [-0.05, 0) is 72.9 Å². The number of likely N-dealkylation sites (tertiary alicyclic amines) is 1. The third-order valence-electron chi connectivity index (χ3n) is 9.54. The standard InChI is InChI=1S/C34H38FNO4/c1-2-22-19-26-32(34(39)36(33(26)38)25-11-7-4-8-12-25)27-20-40-30(31(22)27)16-14-24(23-9-5-3-6-10-23)17-21-13-15-29(37)28(35)18-21/h3,5-6,9-10,13,15,17-18,25-27,30,32,37H,2,4,7-8,11-12,14,16,19-20H2,1H3/b24-17-/t26-,27+,30-,32-/m1/s1. The lowest BCUT2D eigenvalue weighted by molar-refractivity contribution is -0.143. The zero-order valence-corrected chi connectivity index (χ0v) is 23.2. The van der Waals surface area contributed by atoms with E-state index in [-0.39, 0.29) is 47.5 Å². The third-order valence-corrected chi connectivity index (χ3v) is 9.54. The van der Waals surface area contributed by atoms with Crippen LogP contribution in [0, 0.1) is 23.6 Å². The van der Waals surface area contributed by atoms with Gasteiger partial charge < -0.3 is 9.84 Å². The molecule has 4 atom stereocenters. The highest BCUT2D eigenvalue weighted by molar-refractivity contribution is 6.06. The first-order chi connectivity index (χ1) is 19.5. The molecule has 0 bridgehead atoms. The molecule has 0 spiro atoms. The number of benzene rings is 2. The summed E-state index contributed by atoms with van der Waals surface area (Å²) in [6, 6.07) is 14.5. The first kappa shape index (κ1) is 26.9. The lowest BCUT2D eigenvalue weighted by Gasteiger charge is -2.31. The van der Waals surface area contributed by atoms with E-state index in [9.17, 15) is 19.1 Å². The van der Waals surface area contributed by atoms with Crippen LogP contribution >= 0.6 is 0 Å². The highest BCUT2D eigenvalue weighted by Gasteiger charge is 2.57. The highest BCUT2D eigenvalue weighted by Crippen LogP contribution is 2.51. The van der Waals surface area contributed by atoms with Crippen molar-refractivity contribution in [1.29, 1.82) is 0 Å². The Morgan fingerprint density at radius 1 is 1.05 bits per heavy atom. The quantitative estimate of drug-likeness (QED) is 0.234. The fourth-order valence-corrected chi connectivity index (χ4v) is 7.59. The number of halogens is 1. The summed E-state index contributed by atoms with van der Waals surface area (Å²) < 4.78 is 20.5. The maximum atomic E-state index is 14.1. The number of phenols is 1. The molecule has 6 heteroatoms. The molecule has 0 aromatic heterocycles. The summed E-state index contributed by atoms with van der Waals surface area (Å²) >= 11 is 0. The summed E-state index contributed by atoms with van der Waals surface area (Å²) in [6.45, 7) is 2.62. The van der Waals surface area contributed by atoms with Gasteiger partial charge in [-0.2, -0.15) is 0 Å². The van der Waals surface area contributed by atoms with E-state index in [0.717, 1.165) is 49.7 Å². The lowest BCUT2D eigenvalue weighted by Crippen LogP contribution is -2.42. The first-order valence-electron chi connectivity index (χ1n) is 14.9. The van der Waals surface area contributed by atoms with E-state index in [1.807, 2.05) is 36.4 Å². The Kier molecular flexibility index (Phi) is 7.63. The summed E-state index contributed by atoms with van der Waals surface area (Å²) in [4.78, 5) is 29.0. The SMILES string of the molecule is CCC1=C2[C@@H](CC/C(=C/c3ccc(O)c(F)c3)c3ccccc3)OC[C@@H]2[C@@H]2C(=O)N(C3CCCCC3)C(=O)[C@@H]2C1. The van der Waals surface area contributed by atoms with Crippen molar-refractivity contribution in [2.45, 2.75) is 76.9 Å². The lowest BCUT2D eigenvalue weighted by atomic mass is 9.69. The molecule has 2 aromatic carbocycles. The Balaban J connectivity index is 1.25. The molecule has 5 nitrogen and oxygen atoms in total. The van der Waals surface area contributed by atoms with Crippen molar-refractivity contribution in [1.82, 2.24) is 4.90 Å². The first-order valence-corrected chi connectivity index (χ1v) is 14.9. The van der Waals surface area contributed by atoms with E-state index in [4.69, 9.17) is 4.74 Å². The monoisotopic (exact) mass is 543 g/mol. The van der Waals surface area contributed by atoms with E-state index < -0.39 is 5.82 Å². The molecule has 2 aliphatic carbocycles. The zero-order valence-electron chi connectivity index (χ0n) is 23.2. The van der Waals surface area contributed by atoms with Gasteiger partial charge in [0.1, 0.15) is 0 Å². The van der Waals surface area contributed by atoms with Gasteiger partial charge >= 0.3 is 0 Å². The van der Waals surface area contributed by atoms with Crippen LogP contribution in [-0.2, 0) is 14.3 Å².